The predicted molar refractivity (Wildman–Crippen MR) is 77.8 cm³/mol. The largest absolute Gasteiger partial charge is 0.480 e. The third-order valence-electron chi connectivity index (χ3n) is 4.12. The van der Waals surface area contributed by atoms with Gasteiger partial charge in [-0.25, -0.2) is 9.59 Å². The minimum Gasteiger partial charge on any atom is -0.480 e. The van der Waals surface area contributed by atoms with Crippen LogP contribution in [-0.4, -0.2) is 65.2 Å². The average molecular weight is 285 g/mol. The Morgan fingerprint density at radius 3 is 2.35 bits per heavy atom. The highest BCUT2D eigenvalue weighted by molar-refractivity contribution is 5.85. The van der Waals surface area contributed by atoms with Crippen LogP contribution in [0.1, 0.15) is 40.0 Å². The SMILES string of the molecule is CCCN1CCC(NC(=O)N(C)C(C)(C)C(=O)O)CC1. The van der Waals surface area contributed by atoms with E-state index in [0.29, 0.717) is 0 Å². The van der Waals surface area contributed by atoms with E-state index in [0.717, 1.165) is 38.9 Å². The quantitative estimate of drug-likeness (QED) is 0.800. The fourth-order valence-corrected chi connectivity index (χ4v) is 2.29. The molecule has 0 atom stereocenters. The highest BCUT2D eigenvalue weighted by Gasteiger charge is 2.36. The van der Waals surface area contributed by atoms with Crippen molar-refractivity contribution in [3.8, 4) is 0 Å². The average Bonchev–Trinajstić information content (AvgIpc) is 2.40. The van der Waals surface area contributed by atoms with Crippen molar-refractivity contribution in [1.82, 2.24) is 15.1 Å². The standard InChI is InChI=1S/C14H27N3O3/c1-5-8-17-9-6-11(7-10-17)15-13(20)16(4)14(2,3)12(18)19/h11H,5-10H2,1-4H3,(H,15,20)(H,18,19). The molecule has 0 spiro atoms. The number of likely N-dealkylation sites (tertiary alicyclic amines) is 1. The Morgan fingerprint density at radius 2 is 1.90 bits per heavy atom. The number of aliphatic carboxylic acids is 1. The molecule has 0 radical (unpaired) electrons. The first-order valence-electron chi connectivity index (χ1n) is 7.29. The molecule has 1 rings (SSSR count). The van der Waals surface area contributed by atoms with Gasteiger partial charge in [-0.15, -0.1) is 0 Å². The maximum atomic E-state index is 12.1. The summed E-state index contributed by atoms with van der Waals surface area (Å²) in [6, 6.07) is -0.172. The van der Waals surface area contributed by atoms with Gasteiger partial charge in [0.25, 0.3) is 0 Å². The summed E-state index contributed by atoms with van der Waals surface area (Å²) in [4.78, 5) is 26.9. The molecule has 1 heterocycles. The van der Waals surface area contributed by atoms with Gasteiger partial charge in [-0.05, 0) is 39.7 Å². The molecule has 2 amide bonds. The highest BCUT2D eigenvalue weighted by atomic mass is 16.4. The second-order valence-corrected chi connectivity index (χ2v) is 5.99. The number of carbonyl (C=O) groups excluding carboxylic acids is 1. The maximum absolute atomic E-state index is 12.1. The molecule has 1 saturated heterocycles. The molecule has 6 nitrogen and oxygen atoms in total. The van der Waals surface area contributed by atoms with Gasteiger partial charge in [0.1, 0.15) is 5.54 Å². The van der Waals surface area contributed by atoms with Crippen LogP contribution in [0.3, 0.4) is 0 Å². The molecule has 20 heavy (non-hydrogen) atoms. The lowest BCUT2D eigenvalue weighted by Crippen LogP contribution is -2.56. The van der Waals surface area contributed by atoms with Gasteiger partial charge in [0, 0.05) is 26.2 Å². The van der Waals surface area contributed by atoms with Crippen molar-refractivity contribution < 1.29 is 14.7 Å². The number of likely N-dealkylation sites (N-methyl/N-ethyl adjacent to an activating group) is 1. The van der Waals surface area contributed by atoms with Crippen LogP contribution in [0, 0.1) is 0 Å². The summed E-state index contributed by atoms with van der Waals surface area (Å²) in [7, 11) is 1.52. The van der Waals surface area contributed by atoms with E-state index >= 15 is 0 Å². The number of hydrogen-bond donors (Lipinski definition) is 2. The number of rotatable bonds is 5. The number of carboxylic acids is 1. The van der Waals surface area contributed by atoms with E-state index in [1.165, 1.54) is 25.8 Å². The fraction of sp³-hybridized carbons (Fsp3) is 0.857. The number of urea groups is 1. The van der Waals surface area contributed by atoms with Crippen LogP contribution >= 0.6 is 0 Å². The molecule has 6 heteroatoms. The molecule has 0 saturated carbocycles. The first kappa shape index (κ1) is 16.8. The molecular weight excluding hydrogens is 258 g/mol. The number of piperidine rings is 1. The summed E-state index contributed by atoms with van der Waals surface area (Å²) in [6.07, 6.45) is 2.99. The molecule has 0 aromatic rings. The Hall–Kier alpha value is -1.30. The summed E-state index contributed by atoms with van der Waals surface area (Å²) in [5.74, 6) is -1.01. The number of nitrogens with one attached hydrogen (secondary N) is 1. The van der Waals surface area contributed by atoms with Crippen LogP contribution in [0.4, 0.5) is 4.79 Å². The van der Waals surface area contributed by atoms with Gasteiger partial charge in [-0.3, -0.25) is 0 Å². The fourth-order valence-electron chi connectivity index (χ4n) is 2.29. The summed E-state index contributed by atoms with van der Waals surface area (Å²) < 4.78 is 0. The lowest BCUT2D eigenvalue weighted by Gasteiger charge is -2.36. The van der Waals surface area contributed by atoms with Crippen LogP contribution in [0.15, 0.2) is 0 Å². The van der Waals surface area contributed by atoms with E-state index < -0.39 is 11.5 Å². The normalized spacial score (nSPS) is 17.8. The smallest absolute Gasteiger partial charge is 0.329 e. The van der Waals surface area contributed by atoms with Crippen molar-refractivity contribution in [2.24, 2.45) is 0 Å². The first-order chi connectivity index (χ1) is 9.28. The van der Waals surface area contributed by atoms with Crippen LogP contribution in [0.25, 0.3) is 0 Å². The molecule has 0 bridgehead atoms. The summed E-state index contributed by atoms with van der Waals surface area (Å²) in [5, 5.41) is 12.1. The van der Waals surface area contributed by atoms with Crippen molar-refractivity contribution in [2.75, 3.05) is 26.7 Å². The minimum absolute atomic E-state index is 0.141. The van der Waals surface area contributed by atoms with Crippen molar-refractivity contribution in [1.29, 1.82) is 0 Å². The third-order valence-corrected chi connectivity index (χ3v) is 4.12. The third kappa shape index (κ3) is 4.10. The number of nitrogens with zero attached hydrogens (tertiary/aromatic N) is 2. The number of amides is 2. The Morgan fingerprint density at radius 1 is 1.35 bits per heavy atom. The van der Waals surface area contributed by atoms with Gasteiger partial charge in [-0.2, -0.15) is 0 Å². The highest BCUT2D eigenvalue weighted by Crippen LogP contribution is 2.15. The summed E-state index contributed by atoms with van der Waals surface area (Å²) in [6.45, 7) is 8.30. The minimum atomic E-state index is -1.20. The van der Waals surface area contributed by atoms with E-state index in [4.69, 9.17) is 5.11 Å². The monoisotopic (exact) mass is 285 g/mol. The lowest BCUT2D eigenvalue weighted by atomic mass is 10.0. The zero-order valence-electron chi connectivity index (χ0n) is 13.0. The van der Waals surface area contributed by atoms with Gasteiger partial charge in [0.2, 0.25) is 0 Å². The Bertz CT molecular complexity index is 350. The Labute approximate surface area is 121 Å². The van der Waals surface area contributed by atoms with Gasteiger partial charge in [0.15, 0.2) is 0 Å². The molecule has 0 aliphatic carbocycles. The Kier molecular flexibility index (Phi) is 5.80. The Balaban J connectivity index is 2.46. The predicted octanol–water partition coefficient (Wildman–Crippen LogP) is 1.37. The van der Waals surface area contributed by atoms with Crippen molar-refractivity contribution in [3.05, 3.63) is 0 Å². The molecular formula is C14H27N3O3. The number of carboxylic acid groups (broad SMARTS) is 1. The van der Waals surface area contributed by atoms with Crippen molar-refractivity contribution in [3.63, 3.8) is 0 Å². The van der Waals surface area contributed by atoms with E-state index in [2.05, 4.69) is 17.1 Å². The van der Waals surface area contributed by atoms with Crippen molar-refractivity contribution in [2.45, 2.75) is 51.6 Å². The number of hydrogen-bond acceptors (Lipinski definition) is 3. The maximum Gasteiger partial charge on any atom is 0.329 e. The van der Waals surface area contributed by atoms with E-state index in [-0.39, 0.29) is 12.1 Å². The second kappa shape index (κ2) is 6.92. The summed E-state index contributed by atoms with van der Waals surface area (Å²) in [5.41, 5.74) is -1.20. The zero-order valence-corrected chi connectivity index (χ0v) is 13.0. The van der Waals surface area contributed by atoms with Crippen LogP contribution in [0.2, 0.25) is 0 Å². The van der Waals surface area contributed by atoms with Crippen molar-refractivity contribution >= 4 is 12.0 Å². The molecule has 116 valence electrons. The first-order valence-corrected chi connectivity index (χ1v) is 7.29. The molecule has 1 fully saturated rings. The molecule has 0 aromatic heterocycles. The number of carbonyl (C=O) groups is 2. The van der Waals surface area contributed by atoms with Crippen LogP contribution in [-0.2, 0) is 4.79 Å². The molecule has 1 aliphatic heterocycles. The van der Waals surface area contributed by atoms with Gasteiger partial charge in [0.05, 0.1) is 0 Å². The van der Waals surface area contributed by atoms with Gasteiger partial charge in [-0.1, -0.05) is 6.92 Å². The molecule has 0 aromatic carbocycles. The zero-order chi connectivity index (χ0) is 15.3. The molecule has 1 aliphatic rings. The van der Waals surface area contributed by atoms with Gasteiger partial charge >= 0.3 is 12.0 Å². The summed E-state index contributed by atoms with van der Waals surface area (Å²) >= 11 is 0. The van der Waals surface area contributed by atoms with Crippen LogP contribution in [0.5, 0.6) is 0 Å². The molecule has 2 N–H and O–H groups in total. The van der Waals surface area contributed by atoms with E-state index in [1.807, 2.05) is 0 Å². The second-order valence-electron chi connectivity index (χ2n) is 5.99. The van der Waals surface area contributed by atoms with E-state index in [9.17, 15) is 9.59 Å². The van der Waals surface area contributed by atoms with Gasteiger partial charge < -0.3 is 20.2 Å². The molecule has 0 unspecified atom stereocenters. The topological polar surface area (TPSA) is 72.9 Å². The van der Waals surface area contributed by atoms with Crippen LogP contribution < -0.4 is 5.32 Å². The lowest BCUT2D eigenvalue weighted by molar-refractivity contribution is -0.146. The van der Waals surface area contributed by atoms with E-state index in [1.54, 1.807) is 0 Å².